The van der Waals surface area contributed by atoms with Gasteiger partial charge in [0, 0.05) is 19.1 Å². The van der Waals surface area contributed by atoms with E-state index >= 15 is 0 Å². The quantitative estimate of drug-likeness (QED) is 0.820. The molecule has 2 saturated carbocycles. The van der Waals surface area contributed by atoms with Crippen molar-refractivity contribution in [2.24, 2.45) is 17.3 Å². The van der Waals surface area contributed by atoms with Gasteiger partial charge >= 0.3 is 0 Å². The maximum Gasteiger partial charge on any atom is 0.0580 e. The molecule has 2 aliphatic carbocycles. The van der Waals surface area contributed by atoms with Gasteiger partial charge in [-0.3, -0.25) is 4.90 Å². The van der Waals surface area contributed by atoms with E-state index in [4.69, 9.17) is 0 Å². The maximum absolute atomic E-state index is 10.4. The number of aliphatic hydroxyl groups is 2. The Labute approximate surface area is 130 Å². The molecule has 0 aromatic carbocycles. The van der Waals surface area contributed by atoms with Crippen molar-refractivity contribution in [2.45, 2.75) is 77.9 Å². The van der Waals surface area contributed by atoms with Gasteiger partial charge in [-0.15, -0.1) is 0 Å². The molecule has 0 aromatic rings. The molecular weight excluding hydrogens is 262 g/mol. The van der Waals surface area contributed by atoms with Gasteiger partial charge in [-0.25, -0.2) is 0 Å². The van der Waals surface area contributed by atoms with Gasteiger partial charge < -0.3 is 10.2 Å². The molecule has 3 heteroatoms. The molecule has 2 aliphatic rings. The van der Waals surface area contributed by atoms with Crippen molar-refractivity contribution >= 4 is 0 Å². The second kappa shape index (κ2) is 7.43. The Morgan fingerprint density at radius 1 is 1.05 bits per heavy atom. The van der Waals surface area contributed by atoms with Crippen molar-refractivity contribution in [1.82, 2.24) is 4.90 Å². The first-order chi connectivity index (χ1) is 9.91. The fourth-order valence-corrected chi connectivity index (χ4v) is 4.35. The van der Waals surface area contributed by atoms with Crippen molar-refractivity contribution in [1.29, 1.82) is 0 Å². The van der Waals surface area contributed by atoms with E-state index in [0.29, 0.717) is 23.3 Å². The summed E-state index contributed by atoms with van der Waals surface area (Å²) < 4.78 is 0. The Morgan fingerprint density at radius 2 is 1.71 bits per heavy atom. The van der Waals surface area contributed by atoms with Gasteiger partial charge in [0.25, 0.3) is 0 Å². The molecule has 21 heavy (non-hydrogen) atoms. The normalized spacial score (nSPS) is 32.0. The number of hydrogen-bond acceptors (Lipinski definition) is 3. The summed E-state index contributed by atoms with van der Waals surface area (Å²) >= 11 is 0. The van der Waals surface area contributed by atoms with E-state index < -0.39 is 0 Å². The van der Waals surface area contributed by atoms with Crippen LogP contribution in [0, 0.1) is 17.3 Å². The van der Waals surface area contributed by atoms with Gasteiger partial charge in [0.15, 0.2) is 0 Å². The highest BCUT2D eigenvalue weighted by Crippen LogP contribution is 2.41. The van der Waals surface area contributed by atoms with Gasteiger partial charge in [0.1, 0.15) is 0 Å². The van der Waals surface area contributed by atoms with Crippen molar-refractivity contribution in [3.05, 3.63) is 0 Å². The van der Waals surface area contributed by atoms with E-state index in [1.807, 2.05) is 0 Å². The molecule has 0 spiro atoms. The van der Waals surface area contributed by atoms with Crippen LogP contribution in [-0.2, 0) is 0 Å². The van der Waals surface area contributed by atoms with E-state index in [1.165, 1.54) is 25.7 Å². The van der Waals surface area contributed by atoms with E-state index in [-0.39, 0.29) is 12.7 Å². The van der Waals surface area contributed by atoms with Crippen LogP contribution in [0.5, 0.6) is 0 Å². The first kappa shape index (κ1) is 17.2. The molecule has 2 N–H and O–H groups in total. The molecule has 2 rings (SSSR count). The predicted octanol–water partition coefficient (Wildman–Crippen LogP) is 3.05. The first-order valence-electron chi connectivity index (χ1n) is 8.94. The minimum atomic E-state index is -0.147. The Hall–Kier alpha value is -0.120. The highest BCUT2D eigenvalue weighted by atomic mass is 16.3. The largest absolute Gasteiger partial charge is 0.395 e. The molecule has 124 valence electrons. The van der Waals surface area contributed by atoms with Crippen molar-refractivity contribution in [3.63, 3.8) is 0 Å². The number of hydrogen-bond donors (Lipinski definition) is 2. The molecular formula is C18H35NO2. The summed E-state index contributed by atoms with van der Waals surface area (Å²) in [6, 6.07) is 0.638. The lowest BCUT2D eigenvalue weighted by molar-refractivity contribution is -0.00553. The standard InChI is InChI=1S/C18H35NO2/c1-18(2,3)15-8-9-17(21)14(12-15)13-19(10-11-20)16-6-4-5-7-16/h14-17,20-21H,4-13H2,1-3H3. The van der Waals surface area contributed by atoms with Crippen LogP contribution in [0.2, 0.25) is 0 Å². The molecule has 3 unspecified atom stereocenters. The minimum absolute atomic E-state index is 0.147. The van der Waals surface area contributed by atoms with Crippen LogP contribution in [0.3, 0.4) is 0 Å². The van der Waals surface area contributed by atoms with Gasteiger partial charge in [-0.2, -0.15) is 0 Å². The lowest BCUT2D eigenvalue weighted by Gasteiger charge is -2.42. The van der Waals surface area contributed by atoms with E-state index in [0.717, 1.165) is 32.4 Å². The van der Waals surface area contributed by atoms with Gasteiger partial charge in [0.05, 0.1) is 12.7 Å². The minimum Gasteiger partial charge on any atom is -0.395 e. The van der Waals surface area contributed by atoms with Crippen LogP contribution in [0.25, 0.3) is 0 Å². The topological polar surface area (TPSA) is 43.7 Å². The Balaban J connectivity index is 1.96. The first-order valence-corrected chi connectivity index (χ1v) is 8.94. The molecule has 3 nitrogen and oxygen atoms in total. The van der Waals surface area contributed by atoms with E-state index in [9.17, 15) is 10.2 Å². The van der Waals surface area contributed by atoms with Crippen molar-refractivity contribution in [2.75, 3.05) is 19.7 Å². The van der Waals surface area contributed by atoms with Crippen LogP contribution in [0.1, 0.15) is 65.7 Å². The van der Waals surface area contributed by atoms with E-state index in [2.05, 4.69) is 25.7 Å². The van der Waals surface area contributed by atoms with Crippen LogP contribution in [0.4, 0.5) is 0 Å². The fraction of sp³-hybridized carbons (Fsp3) is 1.00. The van der Waals surface area contributed by atoms with Crippen molar-refractivity contribution in [3.8, 4) is 0 Å². The molecule has 0 aliphatic heterocycles. The Bertz CT molecular complexity index is 307. The number of rotatable bonds is 5. The second-order valence-electron chi connectivity index (χ2n) is 8.36. The lowest BCUT2D eigenvalue weighted by Crippen LogP contribution is -2.45. The highest BCUT2D eigenvalue weighted by molar-refractivity contribution is 4.88. The summed E-state index contributed by atoms with van der Waals surface area (Å²) in [5.74, 6) is 1.10. The lowest BCUT2D eigenvalue weighted by atomic mass is 9.68. The summed E-state index contributed by atoms with van der Waals surface area (Å²) in [5, 5.41) is 19.8. The Kier molecular flexibility index (Phi) is 6.10. The summed E-state index contributed by atoms with van der Waals surface area (Å²) in [5.41, 5.74) is 0.341. The van der Waals surface area contributed by atoms with Gasteiger partial charge in [0.2, 0.25) is 0 Å². The SMILES string of the molecule is CC(C)(C)C1CCC(O)C(CN(CCO)C2CCCC2)C1. The average molecular weight is 297 g/mol. The summed E-state index contributed by atoms with van der Waals surface area (Å²) in [6.07, 6.45) is 8.28. The molecule has 0 saturated heterocycles. The van der Waals surface area contributed by atoms with E-state index in [1.54, 1.807) is 0 Å². The fourth-order valence-electron chi connectivity index (χ4n) is 4.35. The second-order valence-corrected chi connectivity index (χ2v) is 8.36. The molecule has 2 fully saturated rings. The molecule has 3 atom stereocenters. The number of aliphatic hydroxyl groups excluding tert-OH is 2. The summed E-state index contributed by atoms with van der Waals surface area (Å²) in [4.78, 5) is 2.46. The molecule has 0 radical (unpaired) electrons. The van der Waals surface area contributed by atoms with Gasteiger partial charge in [-0.1, -0.05) is 33.6 Å². The smallest absolute Gasteiger partial charge is 0.0580 e. The molecule has 0 heterocycles. The third-order valence-corrected chi connectivity index (χ3v) is 5.86. The zero-order valence-corrected chi connectivity index (χ0v) is 14.2. The summed E-state index contributed by atoms with van der Waals surface area (Å²) in [7, 11) is 0. The Morgan fingerprint density at radius 3 is 2.29 bits per heavy atom. The third kappa shape index (κ3) is 4.67. The predicted molar refractivity (Wildman–Crippen MR) is 87.2 cm³/mol. The van der Waals surface area contributed by atoms with Crippen LogP contribution < -0.4 is 0 Å². The molecule has 0 amide bonds. The maximum atomic E-state index is 10.4. The summed E-state index contributed by atoms with van der Waals surface area (Å²) in [6.45, 7) is 8.97. The number of nitrogens with zero attached hydrogens (tertiary/aromatic N) is 1. The highest BCUT2D eigenvalue weighted by Gasteiger charge is 2.36. The van der Waals surface area contributed by atoms with Gasteiger partial charge in [-0.05, 0) is 49.4 Å². The zero-order chi connectivity index (χ0) is 15.5. The molecule has 0 bridgehead atoms. The van der Waals surface area contributed by atoms with Crippen LogP contribution in [-0.4, -0.2) is 47.0 Å². The average Bonchev–Trinajstić information content (AvgIpc) is 2.93. The van der Waals surface area contributed by atoms with Crippen molar-refractivity contribution < 1.29 is 10.2 Å². The van der Waals surface area contributed by atoms with Crippen LogP contribution in [0.15, 0.2) is 0 Å². The van der Waals surface area contributed by atoms with Crippen LogP contribution >= 0.6 is 0 Å². The third-order valence-electron chi connectivity index (χ3n) is 5.86. The molecule has 0 aromatic heterocycles. The zero-order valence-electron chi connectivity index (χ0n) is 14.2. The monoisotopic (exact) mass is 297 g/mol.